The largest absolute Gasteiger partial charge is 0.244 e. The molecule has 2 nitrogen and oxygen atoms in total. The first-order chi connectivity index (χ1) is 8.00. The lowest BCUT2D eigenvalue weighted by atomic mass is 10.3. The van der Waals surface area contributed by atoms with E-state index in [-0.39, 0.29) is 21.9 Å². The quantitative estimate of drug-likeness (QED) is 0.679. The Morgan fingerprint density at radius 3 is 2.12 bits per heavy atom. The van der Waals surface area contributed by atoms with E-state index in [2.05, 4.69) is 9.97 Å². The van der Waals surface area contributed by atoms with Gasteiger partial charge in [0.2, 0.25) is 0 Å². The summed E-state index contributed by atoms with van der Waals surface area (Å²) >= 11 is 10.8. The number of halogens is 4. The summed E-state index contributed by atoms with van der Waals surface area (Å²) in [5, 5.41) is 0.417. The Morgan fingerprint density at radius 2 is 1.71 bits per heavy atom. The highest BCUT2D eigenvalue weighted by atomic mass is 35.5. The van der Waals surface area contributed by atoms with Crippen LogP contribution < -0.4 is 0 Å². The molecule has 90 valence electrons. The second-order valence-electron chi connectivity index (χ2n) is 3.01. The molecular formula is C11H8Cl2F2N2. The molecule has 17 heavy (non-hydrogen) atoms. The van der Waals surface area contributed by atoms with Crippen LogP contribution in [0.2, 0.25) is 10.3 Å². The lowest BCUT2D eigenvalue weighted by Crippen LogP contribution is -1.84. The molecule has 0 spiro atoms. The van der Waals surface area contributed by atoms with Gasteiger partial charge < -0.3 is 0 Å². The number of pyridine rings is 2. The molecule has 0 aliphatic carbocycles. The van der Waals surface area contributed by atoms with Crippen molar-refractivity contribution in [2.75, 3.05) is 0 Å². The minimum atomic E-state index is -0.356. The molecule has 0 amide bonds. The van der Waals surface area contributed by atoms with E-state index in [9.17, 15) is 8.78 Å². The summed E-state index contributed by atoms with van der Waals surface area (Å²) in [6.07, 6.45) is 2.66. The molecule has 0 N–H and O–H groups in total. The van der Waals surface area contributed by atoms with Crippen molar-refractivity contribution in [3.8, 4) is 0 Å². The third-order valence-electron chi connectivity index (χ3n) is 1.77. The van der Waals surface area contributed by atoms with Gasteiger partial charge in [0.1, 0.15) is 21.9 Å². The van der Waals surface area contributed by atoms with Crippen LogP contribution in [0.3, 0.4) is 0 Å². The second kappa shape index (κ2) is 6.47. The Labute approximate surface area is 107 Å². The summed E-state index contributed by atoms with van der Waals surface area (Å²) in [7, 11) is 0. The number of aromatic nitrogens is 2. The van der Waals surface area contributed by atoms with Crippen LogP contribution in [0.15, 0.2) is 30.6 Å². The van der Waals surface area contributed by atoms with Crippen LogP contribution in [0, 0.1) is 18.6 Å². The van der Waals surface area contributed by atoms with Gasteiger partial charge in [-0.1, -0.05) is 23.2 Å². The molecule has 0 aliphatic heterocycles. The molecule has 0 saturated carbocycles. The molecule has 0 aliphatic rings. The predicted molar refractivity (Wildman–Crippen MR) is 63.1 cm³/mol. The maximum absolute atomic E-state index is 12.5. The molecule has 0 fully saturated rings. The zero-order chi connectivity index (χ0) is 12.8. The Hall–Kier alpha value is -1.26. The van der Waals surface area contributed by atoms with Crippen molar-refractivity contribution < 1.29 is 8.78 Å². The van der Waals surface area contributed by atoms with E-state index < -0.39 is 0 Å². The third kappa shape index (κ3) is 4.63. The molecule has 0 aromatic carbocycles. The van der Waals surface area contributed by atoms with E-state index in [1.807, 2.05) is 0 Å². The topological polar surface area (TPSA) is 25.8 Å². The molecule has 0 atom stereocenters. The fourth-order valence-corrected chi connectivity index (χ4v) is 1.17. The minimum Gasteiger partial charge on any atom is -0.244 e. The summed E-state index contributed by atoms with van der Waals surface area (Å²) in [5.74, 6) is -0.667. The van der Waals surface area contributed by atoms with Crippen LogP contribution in [0.5, 0.6) is 0 Å². The molecule has 2 rings (SSSR count). The van der Waals surface area contributed by atoms with Gasteiger partial charge >= 0.3 is 0 Å². The van der Waals surface area contributed by atoms with Crippen LogP contribution in [0.1, 0.15) is 5.56 Å². The van der Waals surface area contributed by atoms with Crippen molar-refractivity contribution in [2.45, 2.75) is 6.92 Å². The minimum absolute atomic E-state index is 0.185. The maximum Gasteiger partial charge on any atom is 0.134 e. The van der Waals surface area contributed by atoms with Crippen molar-refractivity contribution in [3.05, 3.63) is 58.1 Å². The number of rotatable bonds is 0. The molecule has 0 saturated heterocycles. The van der Waals surface area contributed by atoms with Crippen LogP contribution in [-0.2, 0) is 0 Å². The van der Waals surface area contributed by atoms with Gasteiger partial charge in [0.15, 0.2) is 0 Å². The fourth-order valence-electron chi connectivity index (χ4n) is 0.867. The summed E-state index contributed by atoms with van der Waals surface area (Å²) in [6.45, 7) is 1.59. The number of hydrogen-bond donors (Lipinski definition) is 0. The van der Waals surface area contributed by atoms with E-state index in [4.69, 9.17) is 23.2 Å². The number of nitrogens with zero attached hydrogens (tertiary/aromatic N) is 2. The standard InChI is InChI=1S/C6H5ClFN.C5H3ClFN/c1-4-5(8)2-3-9-6(4)7;6-5-3-4(7)1-2-8-5/h2-3H,1H3;1-3H. The predicted octanol–water partition coefficient (Wildman–Crippen LogP) is 4.06. The number of hydrogen-bond acceptors (Lipinski definition) is 2. The van der Waals surface area contributed by atoms with Crippen molar-refractivity contribution in [3.63, 3.8) is 0 Å². The summed E-state index contributed by atoms with van der Waals surface area (Å²) in [4.78, 5) is 7.23. The van der Waals surface area contributed by atoms with Gasteiger partial charge in [-0.3, -0.25) is 0 Å². The van der Waals surface area contributed by atoms with Crippen molar-refractivity contribution in [2.24, 2.45) is 0 Å². The molecule has 2 heterocycles. The highest BCUT2D eigenvalue weighted by Crippen LogP contribution is 2.13. The van der Waals surface area contributed by atoms with Crippen molar-refractivity contribution in [1.82, 2.24) is 9.97 Å². The van der Waals surface area contributed by atoms with E-state index >= 15 is 0 Å². The first kappa shape index (κ1) is 13.8. The van der Waals surface area contributed by atoms with Crippen molar-refractivity contribution in [1.29, 1.82) is 0 Å². The third-order valence-corrected chi connectivity index (χ3v) is 2.35. The van der Waals surface area contributed by atoms with Gasteiger partial charge in [0.05, 0.1) is 0 Å². The van der Waals surface area contributed by atoms with E-state index in [0.29, 0.717) is 5.56 Å². The molecular weight excluding hydrogens is 269 g/mol. The molecule has 0 radical (unpaired) electrons. The zero-order valence-corrected chi connectivity index (χ0v) is 10.3. The Morgan fingerprint density at radius 1 is 1.06 bits per heavy atom. The second-order valence-corrected chi connectivity index (χ2v) is 3.75. The van der Waals surface area contributed by atoms with Crippen LogP contribution in [0.25, 0.3) is 0 Å². The lowest BCUT2D eigenvalue weighted by Gasteiger charge is -1.94. The summed E-state index contributed by atoms with van der Waals surface area (Å²) < 4.78 is 24.5. The van der Waals surface area contributed by atoms with E-state index in [1.54, 1.807) is 6.92 Å². The molecule has 2 aromatic rings. The lowest BCUT2D eigenvalue weighted by molar-refractivity contribution is 0.616. The van der Waals surface area contributed by atoms with Gasteiger partial charge in [-0.25, -0.2) is 18.7 Å². The summed E-state index contributed by atoms with van der Waals surface area (Å²) in [5.41, 5.74) is 0.402. The normalized spacial score (nSPS) is 9.47. The highest BCUT2D eigenvalue weighted by Gasteiger charge is 1.99. The van der Waals surface area contributed by atoms with Crippen LogP contribution in [0.4, 0.5) is 8.78 Å². The maximum atomic E-state index is 12.5. The zero-order valence-electron chi connectivity index (χ0n) is 8.79. The first-order valence-electron chi connectivity index (χ1n) is 4.54. The van der Waals surface area contributed by atoms with Crippen LogP contribution in [-0.4, -0.2) is 9.97 Å². The summed E-state index contributed by atoms with van der Waals surface area (Å²) in [6, 6.07) is 3.68. The molecule has 0 unspecified atom stereocenters. The smallest absolute Gasteiger partial charge is 0.134 e. The van der Waals surface area contributed by atoms with Gasteiger partial charge in [0, 0.05) is 24.0 Å². The fraction of sp³-hybridized carbons (Fsp3) is 0.0909. The first-order valence-corrected chi connectivity index (χ1v) is 5.30. The average Bonchev–Trinajstić information content (AvgIpc) is 2.26. The Balaban J connectivity index is 0.000000171. The monoisotopic (exact) mass is 276 g/mol. The average molecular weight is 277 g/mol. The Bertz CT molecular complexity index is 469. The Kier molecular flexibility index (Phi) is 5.25. The van der Waals surface area contributed by atoms with Crippen molar-refractivity contribution >= 4 is 23.2 Å². The van der Waals surface area contributed by atoms with Gasteiger partial charge in [0.25, 0.3) is 0 Å². The van der Waals surface area contributed by atoms with Gasteiger partial charge in [-0.2, -0.15) is 0 Å². The van der Waals surface area contributed by atoms with Gasteiger partial charge in [-0.15, -0.1) is 0 Å². The van der Waals surface area contributed by atoms with Gasteiger partial charge in [-0.05, 0) is 19.1 Å². The molecule has 6 heteroatoms. The highest BCUT2D eigenvalue weighted by molar-refractivity contribution is 6.30. The molecule has 0 bridgehead atoms. The van der Waals surface area contributed by atoms with E-state index in [1.165, 1.54) is 24.5 Å². The van der Waals surface area contributed by atoms with Crippen LogP contribution >= 0.6 is 23.2 Å². The SMILES string of the molecule is Cc1c(F)ccnc1Cl.Fc1ccnc(Cl)c1. The molecule has 2 aromatic heterocycles. The van der Waals surface area contributed by atoms with E-state index in [0.717, 1.165) is 6.07 Å².